The summed E-state index contributed by atoms with van der Waals surface area (Å²) in [5.41, 5.74) is 3.02. The predicted molar refractivity (Wildman–Crippen MR) is 178 cm³/mol. The van der Waals surface area contributed by atoms with Gasteiger partial charge in [0.25, 0.3) is 0 Å². The van der Waals surface area contributed by atoms with Gasteiger partial charge >= 0.3 is 6.09 Å². The molecule has 43 heavy (non-hydrogen) atoms. The number of ether oxygens (including phenoxy) is 1. The van der Waals surface area contributed by atoms with Crippen LogP contribution in [0.25, 0.3) is 0 Å². The standard InChI is InChI=1S/C32H45ClN6O3S/c1-20-21(2)43-30-27(20)28(23-13-15-24(33)16-14-23)38-25(29(35)39(30)22(3)34)19-26(40)36-17-11-9-7-8-10-12-18-37-31(41)42-32(4,5)6/h13-16,25,34-35H,7-12,17-19H2,1-6H3,(H,36,40)(H,37,41)/t25-/m0/s1. The van der Waals surface area contributed by atoms with Gasteiger partial charge in [0.15, 0.2) is 0 Å². The number of halogens is 1. The second-order valence-electron chi connectivity index (χ2n) is 11.9. The van der Waals surface area contributed by atoms with Crippen LogP contribution < -0.4 is 15.5 Å². The summed E-state index contributed by atoms with van der Waals surface area (Å²) in [6.07, 6.45) is 5.55. The van der Waals surface area contributed by atoms with Crippen LogP contribution in [0.5, 0.6) is 0 Å². The smallest absolute Gasteiger partial charge is 0.407 e. The molecule has 3 rings (SSSR count). The van der Waals surface area contributed by atoms with Gasteiger partial charge in [-0.15, -0.1) is 11.3 Å². The number of unbranched alkanes of at least 4 members (excludes halogenated alkanes) is 5. The zero-order chi connectivity index (χ0) is 31.7. The van der Waals surface area contributed by atoms with Crippen molar-refractivity contribution >= 4 is 57.3 Å². The van der Waals surface area contributed by atoms with Crippen molar-refractivity contribution in [2.45, 2.75) is 98.1 Å². The number of aliphatic imine (C=N–C) groups is 1. The zero-order valence-corrected chi connectivity index (χ0v) is 27.7. The summed E-state index contributed by atoms with van der Waals surface area (Å²) in [6.45, 7) is 12.4. The highest BCUT2D eigenvalue weighted by atomic mass is 35.5. The van der Waals surface area contributed by atoms with Gasteiger partial charge in [-0.3, -0.25) is 25.5 Å². The molecule has 9 nitrogen and oxygen atoms in total. The van der Waals surface area contributed by atoms with Crippen LogP contribution in [0.1, 0.15) is 94.2 Å². The maximum absolute atomic E-state index is 13.0. The molecule has 11 heteroatoms. The largest absolute Gasteiger partial charge is 0.444 e. The molecule has 0 fully saturated rings. The number of fused-ring (bicyclic) bond motifs is 1. The average molecular weight is 629 g/mol. The SMILES string of the molecule is CC(=N)N1C(=N)[C@H](CC(=O)NCCCCCCCCNC(=O)OC(C)(C)C)N=C(c2ccc(Cl)cc2)c2c1sc(C)c2C. The molecule has 0 bridgehead atoms. The molecule has 0 aliphatic carbocycles. The van der Waals surface area contributed by atoms with Crippen LogP contribution in [0.3, 0.4) is 0 Å². The number of anilines is 1. The van der Waals surface area contributed by atoms with E-state index in [1.54, 1.807) is 11.8 Å². The Morgan fingerprint density at radius 3 is 2.19 bits per heavy atom. The molecule has 234 valence electrons. The van der Waals surface area contributed by atoms with Crippen LogP contribution >= 0.6 is 22.9 Å². The number of thiophene rings is 1. The second kappa shape index (κ2) is 15.5. The van der Waals surface area contributed by atoms with E-state index in [0.717, 1.165) is 65.1 Å². The summed E-state index contributed by atoms with van der Waals surface area (Å²) >= 11 is 7.70. The molecule has 1 aromatic heterocycles. The zero-order valence-electron chi connectivity index (χ0n) is 26.2. The second-order valence-corrected chi connectivity index (χ2v) is 13.5. The molecule has 0 unspecified atom stereocenters. The number of nitrogens with one attached hydrogen (secondary N) is 4. The van der Waals surface area contributed by atoms with Gasteiger partial charge in [-0.1, -0.05) is 49.4 Å². The van der Waals surface area contributed by atoms with E-state index in [0.29, 0.717) is 23.8 Å². The van der Waals surface area contributed by atoms with Crippen molar-refractivity contribution in [2.75, 3.05) is 18.0 Å². The topological polar surface area (TPSA) is 131 Å². The molecule has 0 spiro atoms. The molecular weight excluding hydrogens is 584 g/mol. The fraction of sp³-hybridized carbons (Fsp3) is 0.531. The minimum absolute atomic E-state index is 0.0251. The summed E-state index contributed by atoms with van der Waals surface area (Å²) < 4.78 is 5.23. The van der Waals surface area contributed by atoms with Gasteiger partial charge in [0.05, 0.1) is 12.1 Å². The van der Waals surface area contributed by atoms with Gasteiger partial charge < -0.3 is 15.4 Å². The number of amidine groups is 2. The lowest BCUT2D eigenvalue weighted by Crippen LogP contribution is -2.42. The van der Waals surface area contributed by atoms with E-state index in [2.05, 4.69) is 10.6 Å². The third-order valence-electron chi connectivity index (χ3n) is 7.07. The Kier molecular flexibility index (Phi) is 12.3. The fourth-order valence-corrected chi connectivity index (χ4v) is 6.17. The van der Waals surface area contributed by atoms with Crippen molar-refractivity contribution in [2.24, 2.45) is 4.99 Å². The van der Waals surface area contributed by atoms with Gasteiger partial charge in [0.2, 0.25) is 5.91 Å². The number of carbonyl (C=O) groups is 2. The Labute approximate surface area is 264 Å². The van der Waals surface area contributed by atoms with E-state index in [4.69, 9.17) is 32.1 Å². The number of aryl methyl sites for hydroxylation is 1. The maximum atomic E-state index is 13.0. The Balaban J connectivity index is 1.54. The van der Waals surface area contributed by atoms with Crippen LogP contribution in [-0.4, -0.2) is 54.1 Å². The lowest BCUT2D eigenvalue weighted by atomic mass is 9.99. The quantitative estimate of drug-likeness (QED) is 0.111. The van der Waals surface area contributed by atoms with E-state index < -0.39 is 11.6 Å². The molecule has 2 heterocycles. The molecule has 2 aromatic rings. The third-order valence-corrected chi connectivity index (χ3v) is 8.52. The van der Waals surface area contributed by atoms with Crippen LogP contribution in [0.2, 0.25) is 5.02 Å². The van der Waals surface area contributed by atoms with Crippen molar-refractivity contribution in [3.05, 3.63) is 50.9 Å². The van der Waals surface area contributed by atoms with Crippen molar-refractivity contribution in [3.8, 4) is 0 Å². The number of hydrogen-bond acceptors (Lipinski definition) is 7. The first-order valence-electron chi connectivity index (χ1n) is 14.9. The van der Waals surface area contributed by atoms with Crippen molar-refractivity contribution in [1.29, 1.82) is 10.8 Å². The van der Waals surface area contributed by atoms with Gasteiger partial charge in [0, 0.05) is 34.1 Å². The van der Waals surface area contributed by atoms with Crippen LogP contribution in [0, 0.1) is 24.7 Å². The highest BCUT2D eigenvalue weighted by molar-refractivity contribution is 7.17. The normalized spacial score (nSPS) is 15.0. The summed E-state index contributed by atoms with van der Waals surface area (Å²) in [4.78, 5) is 32.4. The monoisotopic (exact) mass is 628 g/mol. The van der Waals surface area contributed by atoms with Crippen LogP contribution in [-0.2, 0) is 9.53 Å². The minimum Gasteiger partial charge on any atom is -0.444 e. The van der Waals surface area contributed by atoms with Gasteiger partial charge in [-0.05, 0) is 72.1 Å². The molecule has 0 saturated carbocycles. The highest BCUT2D eigenvalue weighted by Gasteiger charge is 2.34. The first-order chi connectivity index (χ1) is 20.3. The molecule has 1 aromatic carbocycles. The molecule has 2 amide bonds. The van der Waals surface area contributed by atoms with E-state index in [-0.39, 0.29) is 30.1 Å². The first-order valence-corrected chi connectivity index (χ1v) is 16.1. The lowest BCUT2D eigenvalue weighted by molar-refractivity contribution is -0.121. The number of amides is 2. The Bertz CT molecular complexity index is 1350. The van der Waals surface area contributed by atoms with Gasteiger partial charge in [0.1, 0.15) is 28.3 Å². The van der Waals surface area contributed by atoms with Crippen LogP contribution in [0.15, 0.2) is 29.3 Å². The van der Waals surface area contributed by atoms with E-state index in [1.165, 1.54) is 11.3 Å². The van der Waals surface area contributed by atoms with Crippen molar-refractivity contribution in [3.63, 3.8) is 0 Å². The summed E-state index contributed by atoms with van der Waals surface area (Å²) in [7, 11) is 0. The fourth-order valence-electron chi connectivity index (χ4n) is 4.82. The highest BCUT2D eigenvalue weighted by Crippen LogP contribution is 2.40. The Morgan fingerprint density at radius 1 is 1.02 bits per heavy atom. The number of alkyl carbamates (subject to hydrolysis) is 1. The predicted octanol–water partition coefficient (Wildman–Crippen LogP) is 7.39. The molecular formula is C32H45ClN6O3S. The molecule has 1 atom stereocenters. The van der Waals surface area contributed by atoms with E-state index >= 15 is 0 Å². The number of nitrogens with zero attached hydrogens (tertiary/aromatic N) is 2. The van der Waals surface area contributed by atoms with E-state index in [9.17, 15) is 9.59 Å². The molecule has 0 radical (unpaired) electrons. The first kappa shape index (κ1) is 34.3. The Morgan fingerprint density at radius 2 is 1.60 bits per heavy atom. The average Bonchev–Trinajstić information content (AvgIpc) is 3.13. The van der Waals surface area contributed by atoms with Crippen molar-refractivity contribution in [1.82, 2.24) is 10.6 Å². The van der Waals surface area contributed by atoms with Gasteiger partial charge in [-0.2, -0.15) is 0 Å². The molecule has 1 aliphatic heterocycles. The summed E-state index contributed by atoms with van der Waals surface area (Å²) in [5, 5.41) is 24.7. The van der Waals surface area contributed by atoms with Crippen LogP contribution in [0.4, 0.5) is 9.80 Å². The van der Waals surface area contributed by atoms with Gasteiger partial charge in [-0.25, -0.2) is 4.79 Å². The summed E-state index contributed by atoms with van der Waals surface area (Å²) in [6, 6.07) is 6.70. The third kappa shape index (κ3) is 9.89. The number of carbonyl (C=O) groups excluding carboxylic acids is 2. The summed E-state index contributed by atoms with van der Waals surface area (Å²) in [5.74, 6) is 0.171. The molecule has 1 aliphatic rings. The Hall–Kier alpha value is -3.24. The van der Waals surface area contributed by atoms with Crippen molar-refractivity contribution < 1.29 is 14.3 Å². The maximum Gasteiger partial charge on any atom is 0.407 e. The number of rotatable bonds is 12. The number of benzene rings is 1. The molecule has 0 saturated heterocycles. The minimum atomic E-state index is -0.737. The number of hydrogen-bond donors (Lipinski definition) is 4. The molecule has 4 N–H and O–H groups in total. The van der Waals surface area contributed by atoms with E-state index in [1.807, 2.05) is 58.9 Å². The lowest BCUT2D eigenvalue weighted by Gasteiger charge is -2.24.